The molecule has 0 radical (unpaired) electrons. The molecule has 0 aromatic carbocycles. The normalized spacial score (nSPS) is 20.4. The summed E-state index contributed by atoms with van der Waals surface area (Å²) in [7, 11) is 1.19. The van der Waals surface area contributed by atoms with Crippen molar-refractivity contribution in [3.8, 4) is 6.07 Å². The van der Waals surface area contributed by atoms with Crippen LogP contribution in [0.4, 0.5) is 10.5 Å². The van der Waals surface area contributed by atoms with E-state index in [0.717, 1.165) is 0 Å². The van der Waals surface area contributed by atoms with Gasteiger partial charge in [-0.15, -0.1) is 0 Å². The summed E-state index contributed by atoms with van der Waals surface area (Å²) < 4.78 is 4.59. The van der Waals surface area contributed by atoms with Crippen LogP contribution in [0, 0.1) is 11.3 Å². The number of anilines is 1. The number of nitrogens with zero attached hydrogens (tertiary/aromatic N) is 3. The molecular weight excluding hydrogens is 312 g/mol. The van der Waals surface area contributed by atoms with E-state index in [9.17, 15) is 14.7 Å². The number of halogens is 1. The maximum atomic E-state index is 12.2. The average Bonchev–Trinajstić information content (AvgIpc) is 2.88. The fourth-order valence-electron chi connectivity index (χ4n) is 2.19. The van der Waals surface area contributed by atoms with Crippen LogP contribution in [0.15, 0.2) is 12.3 Å². The van der Waals surface area contributed by atoms with Crippen molar-refractivity contribution in [2.75, 3.05) is 19.0 Å². The standard InChI is InChI=1S/C13H13ClN4O4/c1-22-12(20)11-10(19)2-3-18(11)13(21)17-7-4-8(14)9(5-15)16-6-7/h4,6,10-11,19H,2-3H2,1H3,(H,17,21)/t10-,11+/m1/s1. The molecule has 0 bridgehead atoms. The summed E-state index contributed by atoms with van der Waals surface area (Å²) in [6.07, 6.45) is 0.586. The Morgan fingerprint density at radius 3 is 2.95 bits per heavy atom. The maximum Gasteiger partial charge on any atom is 0.331 e. The molecule has 22 heavy (non-hydrogen) atoms. The molecule has 2 amide bonds. The molecule has 0 spiro atoms. The molecule has 0 aliphatic carbocycles. The fraction of sp³-hybridized carbons (Fsp3) is 0.385. The molecule has 1 saturated heterocycles. The van der Waals surface area contributed by atoms with Crippen molar-refractivity contribution < 1.29 is 19.4 Å². The minimum Gasteiger partial charge on any atom is -0.467 e. The molecule has 9 heteroatoms. The van der Waals surface area contributed by atoms with Gasteiger partial charge in [0.1, 0.15) is 6.07 Å². The predicted octanol–water partition coefficient (Wildman–Crippen LogP) is 0.747. The fourth-order valence-corrected chi connectivity index (χ4v) is 2.40. The van der Waals surface area contributed by atoms with Gasteiger partial charge in [0.25, 0.3) is 0 Å². The molecule has 1 aromatic rings. The van der Waals surface area contributed by atoms with Crippen LogP contribution in [-0.4, -0.2) is 52.8 Å². The molecule has 1 aliphatic rings. The van der Waals surface area contributed by atoms with Crippen molar-refractivity contribution in [3.05, 3.63) is 23.0 Å². The Morgan fingerprint density at radius 2 is 2.36 bits per heavy atom. The maximum absolute atomic E-state index is 12.2. The number of hydrogen-bond acceptors (Lipinski definition) is 6. The van der Waals surface area contributed by atoms with Gasteiger partial charge >= 0.3 is 12.0 Å². The van der Waals surface area contributed by atoms with Crippen molar-refractivity contribution in [1.29, 1.82) is 5.26 Å². The lowest BCUT2D eigenvalue weighted by atomic mass is 10.2. The van der Waals surface area contributed by atoms with E-state index in [1.165, 1.54) is 24.3 Å². The lowest BCUT2D eigenvalue weighted by molar-refractivity contribution is -0.147. The first-order chi connectivity index (χ1) is 10.5. The van der Waals surface area contributed by atoms with E-state index in [2.05, 4.69) is 15.0 Å². The monoisotopic (exact) mass is 324 g/mol. The van der Waals surface area contributed by atoms with E-state index in [1.54, 1.807) is 6.07 Å². The number of likely N-dealkylation sites (tertiary alicyclic amines) is 1. The van der Waals surface area contributed by atoms with E-state index in [-0.39, 0.29) is 29.4 Å². The van der Waals surface area contributed by atoms with Crippen LogP contribution in [-0.2, 0) is 9.53 Å². The topological polar surface area (TPSA) is 116 Å². The summed E-state index contributed by atoms with van der Waals surface area (Å²) in [6.45, 7) is 0.213. The van der Waals surface area contributed by atoms with Crippen molar-refractivity contribution >= 4 is 29.3 Å². The first kappa shape index (κ1) is 16.0. The number of carbonyl (C=O) groups is 2. The predicted molar refractivity (Wildman–Crippen MR) is 76.1 cm³/mol. The number of esters is 1. The first-order valence-electron chi connectivity index (χ1n) is 6.37. The minimum absolute atomic E-state index is 0.0451. The highest BCUT2D eigenvalue weighted by molar-refractivity contribution is 6.31. The highest BCUT2D eigenvalue weighted by atomic mass is 35.5. The Balaban J connectivity index is 2.13. The third-order valence-corrected chi connectivity index (χ3v) is 3.56. The molecule has 2 N–H and O–H groups in total. The Labute approximate surface area is 131 Å². The third kappa shape index (κ3) is 3.10. The first-order valence-corrected chi connectivity index (χ1v) is 6.75. The summed E-state index contributed by atoms with van der Waals surface area (Å²) in [5.41, 5.74) is 0.322. The van der Waals surface area contributed by atoms with Gasteiger partial charge in [-0.1, -0.05) is 11.6 Å². The smallest absolute Gasteiger partial charge is 0.331 e. The molecule has 2 atom stereocenters. The van der Waals surface area contributed by atoms with Gasteiger partial charge in [-0.2, -0.15) is 5.26 Å². The largest absolute Gasteiger partial charge is 0.467 e. The molecule has 0 saturated carbocycles. The van der Waals surface area contributed by atoms with E-state index in [0.29, 0.717) is 0 Å². The van der Waals surface area contributed by atoms with Crippen LogP contribution >= 0.6 is 11.6 Å². The molecular formula is C13H13ClN4O4. The molecule has 1 aliphatic heterocycles. The van der Waals surface area contributed by atoms with E-state index < -0.39 is 24.1 Å². The molecule has 1 fully saturated rings. The number of rotatable bonds is 2. The molecule has 1 aromatic heterocycles. The Morgan fingerprint density at radius 1 is 1.64 bits per heavy atom. The molecule has 0 unspecified atom stereocenters. The number of carbonyl (C=O) groups excluding carboxylic acids is 2. The van der Waals surface area contributed by atoms with Gasteiger partial charge in [0.2, 0.25) is 0 Å². The zero-order valence-corrected chi connectivity index (χ0v) is 12.4. The number of nitriles is 1. The van der Waals surface area contributed by atoms with Gasteiger partial charge in [-0.25, -0.2) is 14.6 Å². The van der Waals surface area contributed by atoms with E-state index in [1.807, 2.05) is 0 Å². The van der Waals surface area contributed by atoms with Gasteiger partial charge in [-0.3, -0.25) is 0 Å². The van der Waals surface area contributed by atoms with Crippen LogP contribution in [0.5, 0.6) is 0 Å². The lowest BCUT2D eigenvalue weighted by Crippen LogP contribution is -2.47. The number of methoxy groups -OCH3 is 1. The molecule has 2 heterocycles. The molecule has 2 rings (SSSR count). The van der Waals surface area contributed by atoms with Crippen molar-refractivity contribution in [2.45, 2.75) is 18.6 Å². The number of ether oxygens (including phenoxy) is 1. The Kier molecular flexibility index (Phi) is 4.80. The summed E-state index contributed by atoms with van der Waals surface area (Å²) in [6, 6.07) is 1.55. The summed E-state index contributed by atoms with van der Waals surface area (Å²) in [4.78, 5) is 28.9. The molecule has 8 nitrogen and oxygen atoms in total. The summed E-state index contributed by atoms with van der Waals surface area (Å²) in [5, 5.41) is 21.2. The zero-order valence-electron chi connectivity index (χ0n) is 11.6. The number of aliphatic hydroxyl groups excluding tert-OH is 1. The summed E-state index contributed by atoms with van der Waals surface area (Å²) >= 11 is 5.83. The minimum atomic E-state index is -1.05. The number of amides is 2. The quantitative estimate of drug-likeness (QED) is 0.775. The van der Waals surface area contributed by atoms with Crippen molar-refractivity contribution in [1.82, 2.24) is 9.88 Å². The number of urea groups is 1. The Hall–Kier alpha value is -2.37. The average molecular weight is 325 g/mol. The number of nitrogens with one attached hydrogen (secondary N) is 1. The second-order valence-electron chi connectivity index (χ2n) is 4.61. The number of hydrogen-bond donors (Lipinski definition) is 2. The van der Waals surface area contributed by atoms with Crippen LogP contribution in [0.1, 0.15) is 12.1 Å². The van der Waals surface area contributed by atoms with Gasteiger partial charge in [-0.05, 0) is 12.5 Å². The zero-order chi connectivity index (χ0) is 16.3. The molecule has 116 valence electrons. The number of pyridine rings is 1. The van der Waals surface area contributed by atoms with Crippen LogP contribution in [0.25, 0.3) is 0 Å². The lowest BCUT2D eigenvalue weighted by Gasteiger charge is -2.24. The van der Waals surface area contributed by atoms with Crippen LogP contribution < -0.4 is 5.32 Å². The van der Waals surface area contributed by atoms with Crippen molar-refractivity contribution in [3.63, 3.8) is 0 Å². The summed E-state index contributed by atoms with van der Waals surface area (Å²) in [5.74, 6) is -0.684. The number of aliphatic hydroxyl groups is 1. The van der Waals surface area contributed by atoms with Crippen LogP contribution in [0.3, 0.4) is 0 Å². The van der Waals surface area contributed by atoms with Gasteiger partial charge in [0.05, 0.1) is 30.1 Å². The second-order valence-corrected chi connectivity index (χ2v) is 5.02. The van der Waals surface area contributed by atoms with Crippen LogP contribution in [0.2, 0.25) is 5.02 Å². The van der Waals surface area contributed by atoms with Gasteiger partial charge < -0.3 is 20.1 Å². The van der Waals surface area contributed by atoms with E-state index in [4.69, 9.17) is 16.9 Å². The van der Waals surface area contributed by atoms with Gasteiger partial charge in [0.15, 0.2) is 11.7 Å². The van der Waals surface area contributed by atoms with Crippen molar-refractivity contribution in [2.24, 2.45) is 0 Å². The highest BCUT2D eigenvalue weighted by Gasteiger charge is 2.41. The third-order valence-electron chi connectivity index (χ3n) is 3.27. The Bertz CT molecular complexity index is 645. The highest BCUT2D eigenvalue weighted by Crippen LogP contribution is 2.22. The van der Waals surface area contributed by atoms with E-state index >= 15 is 0 Å². The van der Waals surface area contributed by atoms with Gasteiger partial charge in [0, 0.05) is 6.54 Å². The number of aromatic nitrogens is 1. The SMILES string of the molecule is COC(=O)[C@@H]1[C@H](O)CCN1C(=O)Nc1cnc(C#N)c(Cl)c1. The second kappa shape index (κ2) is 6.60.